The Morgan fingerprint density at radius 2 is 1.81 bits per heavy atom. The molecule has 1 aliphatic rings. The number of carbonyl (C=O) groups is 1. The third kappa shape index (κ3) is 5.13. The van der Waals surface area contributed by atoms with Crippen LogP contribution >= 0.6 is 0 Å². The number of rotatable bonds is 4. The van der Waals surface area contributed by atoms with Crippen LogP contribution in [0.3, 0.4) is 0 Å². The first-order valence-electron chi connectivity index (χ1n) is 10.4. The van der Waals surface area contributed by atoms with E-state index in [4.69, 9.17) is 0 Å². The molecule has 1 amide bonds. The van der Waals surface area contributed by atoms with Crippen LogP contribution in [-0.2, 0) is 12.6 Å². The first-order chi connectivity index (χ1) is 14.9. The number of hydrogen-bond acceptors (Lipinski definition) is 2. The van der Waals surface area contributed by atoms with E-state index in [0.29, 0.717) is 24.1 Å². The molecule has 0 saturated carbocycles. The standard InChI is InChI=1S/C25H23F3N2O/c26-25(27,28)22-10-4-6-18(15-22)14-19-11-12-23(29-16-19)21-9-5-13-30(17-21)24(31)20-7-2-1-3-8-20/h1-4,6-8,10-12,15-16,21H,5,9,13-14,17H2/t21-/m1/s1. The Hall–Kier alpha value is -3.15. The molecule has 0 unspecified atom stereocenters. The number of piperidine rings is 1. The van der Waals surface area contributed by atoms with Crippen LogP contribution in [0.5, 0.6) is 0 Å². The average molecular weight is 424 g/mol. The summed E-state index contributed by atoms with van der Waals surface area (Å²) in [6, 6.07) is 18.5. The summed E-state index contributed by atoms with van der Waals surface area (Å²) in [4.78, 5) is 19.2. The number of likely N-dealkylation sites (tertiary alicyclic amines) is 1. The molecule has 0 bridgehead atoms. The van der Waals surface area contributed by atoms with Crippen molar-refractivity contribution in [1.82, 2.24) is 9.88 Å². The molecule has 2 aromatic carbocycles. The number of halogens is 3. The van der Waals surface area contributed by atoms with Gasteiger partial charge in [-0.15, -0.1) is 0 Å². The van der Waals surface area contributed by atoms with Crippen molar-refractivity contribution in [3.05, 3.63) is 101 Å². The van der Waals surface area contributed by atoms with Gasteiger partial charge in [0.1, 0.15) is 0 Å². The largest absolute Gasteiger partial charge is 0.416 e. The highest BCUT2D eigenvalue weighted by atomic mass is 19.4. The number of aromatic nitrogens is 1. The maximum atomic E-state index is 12.9. The number of alkyl halides is 3. The quantitative estimate of drug-likeness (QED) is 0.537. The lowest BCUT2D eigenvalue weighted by molar-refractivity contribution is -0.137. The van der Waals surface area contributed by atoms with Crippen molar-refractivity contribution in [2.75, 3.05) is 13.1 Å². The van der Waals surface area contributed by atoms with Gasteiger partial charge in [-0.05, 0) is 54.7 Å². The Morgan fingerprint density at radius 3 is 2.52 bits per heavy atom. The summed E-state index contributed by atoms with van der Waals surface area (Å²) in [5.74, 6) is 0.190. The van der Waals surface area contributed by atoms with Gasteiger partial charge in [-0.2, -0.15) is 13.2 Å². The van der Waals surface area contributed by atoms with Gasteiger partial charge in [0.05, 0.1) is 5.56 Å². The zero-order chi connectivity index (χ0) is 21.8. The smallest absolute Gasteiger partial charge is 0.338 e. The predicted octanol–water partition coefficient (Wildman–Crippen LogP) is 5.71. The van der Waals surface area contributed by atoms with Gasteiger partial charge < -0.3 is 4.90 Å². The van der Waals surface area contributed by atoms with Crippen molar-refractivity contribution >= 4 is 5.91 Å². The van der Waals surface area contributed by atoms with Gasteiger partial charge in [0.2, 0.25) is 0 Å². The van der Waals surface area contributed by atoms with Crippen molar-refractivity contribution in [3.63, 3.8) is 0 Å². The summed E-state index contributed by atoms with van der Waals surface area (Å²) < 4.78 is 38.8. The lowest BCUT2D eigenvalue weighted by Gasteiger charge is -2.32. The third-order valence-electron chi connectivity index (χ3n) is 5.66. The summed E-state index contributed by atoms with van der Waals surface area (Å²) in [7, 11) is 0. The Kier molecular flexibility index (Phi) is 6.07. The first kappa shape index (κ1) is 21.1. The van der Waals surface area contributed by atoms with Crippen LogP contribution in [0.1, 0.15) is 51.5 Å². The lowest BCUT2D eigenvalue weighted by Crippen LogP contribution is -2.39. The molecule has 6 heteroatoms. The topological polar surface area (TPSA) is 33.2 Å². The van der Waals surface area contributed by atoms with E-state index in [-0.39, 0.29) is 11.8 Å². The molecule has 1 atom stereocenters. The van der Waals surface area contributed by atoms with Crippen molar-refractivity contribution < 1.29 is 18.0 Å². The van der Waals surface area contributed by atoms with Crippen LogP contribution in [0, 0.1) is 0 Å². The van der Waals surface area contributed by atoms with Crippen molar-refractivity contribution in [3.8, 4) is 0 Å². The lowest BCUT2D eigenvalue weighted by atomic mass is 9.93. The first-order valence-corrected chi connectivity index (χ1v) is 10.4. The summed E-state index contributed by atoms with van der Waals surface area (Å²) >= 11 is 0. The van der Waals surface area contributed by atoms with Crippen LogP contribution in [0.25, 0.3) is 0 Å². The second-order valence-electron chi connectivity index (χ2n) is 7.92. The monoisotopic (exact) mass is 424 g/mol. The third-order valence-corrected chi connectivity index (χ3v) is 5.66. The molecular formula is C25H23F3N2O. The highest BCUT2D eigenvalue weighted by molar-refractivity contribution is 5.94. The fourth-order valence-electron chi connectivity index (χ4n) is 4.04. The molecule has 3 aromatic rings. The normalized spacial score (nSPS) is 16.9. The molecule has 1 aliphatic heterocycles. The maximum absolute atomic E-state index is 12.9. The molecule has 160 valence electrons. The van der Waals surface area contributed by atoms with E-state index in [1.54, 1.807) is 12.3 Å². The molecular weight excluding hydrogens is 401 g/mol. The number of nitrogens with zero attached hydrogens (tertiary/aromatic N) is 2. The molecule has 1 fully saturated rings. The Morgan fingerprint density at radius 1 is 1.00 bits per heavy atom. The number of hydrogen-bond donors (Lipinski definition) is 0. The van der Waals surface area contributed by atoms with E-state index in [0.717, 1.165) is 36.7 Å². The van der Waals surface area contributed by atoms with E-state index < -0.39 is 11.7 Å². The minimum Gasteiger partial charge on any atom is -0.338 e. The highest BCUT2D eigenvalue weighted by Gasteiger charge is 2.30. The summed E-state index contributed by atoms with van der Waals surface area (Å²) in [6.45, 7) is 1.35. The Balaban J connectivity index is 1.43. The van der Waals surface area contributed by atoms with Crippen LogP contribution in [0.15, 0.2) is 72.9 Å². The van der Waals surface area contributed by atoms with Crippen LogP contribution in [-0.4, -0.2) is 28.9 Å². The van der Waals surface area contributed by atoms with E-state index in [1.165, 1.54) is 12.1 Å². The van der Waals surface area contributed by atoms with Crippen LogP contribution < -0.4 is 0 Å². The molecule has 0 spiro atoms. The summed E-state index contributed by atoms with van der Waals surface area (Å²) in [5, 5.41) is 0. The van der Waals surface area contributed by atoms with E-state index >= 15 is 0 Å². The van der Waals surface area contributed by atoms with Gasteiger partial charge in [-0.1, -0.05) is 42.5 Å². The molecule has 1 saturated heterocycles. The van der Waals surface area contributed by atoms with Gasteiger partial charge >= 0.3 is 6.18 Å². The second kappa shape index (κ2) is 8.92. The van der Waals surface area contributed by atoms with Crippen molar-refractivity contribution in [1.29, 1.82) is 0 Å². The molecule has 3 nitrogen and oxygen atoms in total. The van der Waals surface area contributed by atoms with Gasteiger partial charge in [-0.3, -0.25) is 9.78 Å². The SMILES string of the molecule is O=C(c1ccccc1)N1CCC[C@@H](c2ccc(Cc3cccc(C(F)(F)F)c3)cn2)C1. The van der Waals surface area contributed by atoms with E-state index in [2.05, 4.69) is 4.98 Å². The predicted molar refractivity (Wildman–Crippen MR) is 113 cm³/mol. The molecule has 4 rings (SSSR count). The minimum absolute atomic E-state index is 0.0338. The van der Waals surface area contributed by atoms with E-state index in [9.17, 15) is 18.0 Å². The van der Waals surface area contributed by atoms with Crippen LogP contribution in [0.2, 0.25) is 0 Å². The Labute approximate surface area is 179 Å². The second-order valence-corrected chi connectivity index (χ2v) is 7.92. The number of carbonyl (C=O) groups excluding carboxylic acids is 1. The summed E-state index contributed by atoms with van der Waals surface area (Å²) in [5.41, 5.74) is 2.42. The number of amides is 1. The molecule has 2 heterocycles. The molecule has 31 heavy (non-hydrogen) atoms. The maximum Gasteiger partial charge on any atom is 0.416 e. The Bertz CT molecular complexity index is 1030. The van der Waals surface area contributed by atoms with Gasteiger partial charge in [-0.25, -0.2) is 0 Å². The van der Waals surface area contributed by atoms with Crippen molar-refractivity contribution in [2.24, 2.45) is 0 Å². The molecule has 1 aromatic heterocycles. The van der Waals surface area contributed by atoms with E-state index in [1.807, 2.05) is 47.4 Å². The van der Waals surface area contributed by atoms with Gasteiger partial charge in [0.15, 0.2) is 0 Å². The molecule has 0 radical (unpaired) electrons. The van der Waals surface area contributed by atoms with Crippen LogP contribution in [0.4, 0.5) is 13.2 Å². The molecule has 0 N–H and O–H groups in total. The van der Waals surface area contributed by atoms with Gasteiger partial charge in [0, 0.05) is 36.5 Å². The zero-order valence-electron chi connectivity index (χ0n) is 17.0. The van der Waals surface area contributed by atoms with Crippen molar-refractivity contribution in [2.45, 2.75) is 31.4 Å². The molecule has 0 aliphatic carbocycles. The minimum atomic E-state index is -4.35. The number of pyridine rings is 1. The fourth-order valence-corrected chi connectivity index (χ4v) is 4.04. The zero-order valence-corrected chi connectivity index (χ0v) is 17.0. The van der Waals surface area contributed by atoms with Gasteiger partial charge in [0.25, 0.3) is 5.91 Å². The average Bonchev–Trinajstić information content (AvgIpc) is 2.79. The highest BCUT2D eigenvalue weighted by Crippen LogP contribution is 2.30. The fraction of sp³-hybridized carbons (Fsp3) is 0.280. The summed E-state index contributed by atoms with van der Waals surface area (Å²) in [6.07, 6.45) is -0.356. The number of benzene rings is 2.